The van der Waals surface area contributed by atoms with Crippen molar-refractivity contribution in [2.24, 2.45) is 17.6 Å². The maximum absolute atomic E-state index is 6.04. The van der Waals surface area contributed by atoms with Crippen molar-refractivity contribution in [2.75, 3.05) is 33.4 Å². The van der Waals surface area contributed by atoms with E-state index in [4.69, 9.17) is 10.5 Å². The van der Waals surface area contributed by atoms with Gasteiger partial charge in [-0.1, -0.05) is 0 Å². The van der Waals surface area contributed by atoms with Crippen molar-refractivity contribution in [3.05, 3.63) is 0 Å². The lowest BCUT2D eigenvalue weighted by Gasteiger charge is -2.35. The molecule has 1 aliphatic carbocycles. The first-order valence-corrected chi connectivity index (χ1v) is 7.01. The lowest BCUT2D eigenvalue weighted by atomic mass is 10.0. The van der Waals surface area contributed by atoms with Crippen LogP contribution in [0.4, 0.5) is 0 Å². The minimum atomic E-state index is 0.472. The van der Waals surface area contributed by atoms with Crippen molar-refractivity contribution in [2.45, 2.75) is 37.4 Å². The maximum atomic E-state index is 6.04. The molecule has 2 aliphatic heterocycles. The quantitative estimate of drug-likeness (QED) is 0.714. The molecule has 98 valence electrons. The molecule has 0 aromatic rings. The van der Waals surface area contributed by atoms with Crippen LogP contribution in [0.5, 0.6) is 0 Å². The minimum Gasteiger partial charge on any atom is -0.378 e. The lowest BCUT2D eigenvalue weighted by Crippen LogP contribution is -2.48. The summed E-state index contributed by atoms with van der Waals surface area (Å²) in [5, 5.41) is 3.34. The molecule has 0 radical (unpaired) electrons. The van der Waals surface area contributed by atoms with E-state index in [0.717, 1.165) is 25.0 Å². The lowest BCUT2D eigenvalue weighted by molar-refractivity contribution is 0.00595. The van der Waals surface area contributed by atoms with Crippen LogP contribution in [-0.2, 0) is 4.74 Å². The average Bonchev–Trinajstić information content (AvgIpc) is 2.86. The van der Waals surface area contributed by atoms with Gasteiger partial charge in [-0.05, 0) is 38.1 Å². The van der Waals surface area contributed by atoms with Gasteiger partial charge in [-0.3, -0.25) is 4.90 Å². The van der Waals surface area contributed by atoms with Gasteiger partial charge >= 0.3 is 0 Å². The third-order valence-corrected chi connectivity index (χ3v) is 4.93. The summed E-state index contributed by atoms with van der Waals surface area (Å²) >= 11 is 0. The Labute approximate surface area is 104 Å². The van der Waals surface area contributed by atoms with Gasteiger partial charge in [0.1, 0.15) is 0 Å². The van der Waals surface area contributed by atoms with E-state index in [1.165, 1.54) is 32.4 Å². The highest BCUT2D eigenvalue weighted by Gasteiger charge is 2.42. The number of rotatable bonds is 2. The summed E-state index contributed by atoms with van der Waals surface area (Å²) in [6.45, 7) is 4.30. The molecule has 2 heterocycles. The number of likely N-dealkylation sites (tertiary alicyclic amines) is 1. The Hall–Kier alpha value is -0.160. The third-order valence-electron chi connectivity index (χ3n) is 4.93. The highest BCUT2D eigenvalue weighted by Crippen LogP contribution is 2.38. The van der Waals surface area contributed by atoms with Gasteiger partial charge < -0.3 is 15.8 Å². The summed E-state index contributed by atoms with van der Waals surface area (Å²) in [6.07, 6.45) is 3.72. The second-order valence-corrected chi connectivity index (χ2v) is 6.12. The van der Waals surface area contributed by atoms with Crippen molar-refractivity contribution in [3.8, 4) is 0 Å². The number of ether oxygens (including phenoxy) is 1. The molecule has 17 heavy (non-hydrogen) atoms. The van der Waals surface area contributed by atoms with Crippen LogP contribution < -0.4 is 11.1 Å². The van der Waals surface area contributed by atoms with Gasteiger partial charge in [0.15, 0.2) is 0 Å². The number of likely N-dealkylation sites (N-methyl/N-ethyl adjacent to an activating group) is 1. The molecular weight excluding hydrogens is 214 g/mol. The standard InChI is InChI=1S/C13H25N3O/c1-15-12-4-13(8-17-7-12)16-5-9-2-11(14)3-10(9)6-16/h9-13,15H,2-8,14H2,1H3. The molecule has 4 atom stereocenters. The van der Waals surface area contributed by atoms with Crippen LogP contribution in [0, 0.1) is 11.8 Å². The van der Waals surface area contributed by atoms with Crippen LogP contribution in [0.3, 0.4) is 0 Å². The fraction of sp³-hybridized carbons (Fsp3) is 1.00. The normalized spacial score (nSPS) is 47.3. The molecular formula is C13H25N3O. The number of nitrogens with one attached hydrogen (secondary N) is 1. The predicted molar refractivity (Wildman–Crippen MR) is 67.8 cm³/mol. The second kappa shape index (κ2) is 4.84. The molecule has 4 unspecified atom stereocenters. The summed E-state index contributed by atoms with van der Waals surface area (Å²) < 4.78 is 5.71. The van der Waals surface area contributed by atoms with E-state index in [2.05, 4.69) is 10.2 Å². The van der Waals surface area contributed by atoms with Gasteiger partial charge in [-0.25, -0.2) is 0 Å². The van der Waals surface area contributed by atoms with E-state index in [9.17, 15) is 0 Å². The Kier molecular flexibility index (Phi) is 3.39. The first-order valence-electron chi connectivity index (χ1n) is 7.01. The molecule has 1 saturated carbocycles. The zero-order valence-electron chi connectivity index (χ0n) is 10.8. The predicted octanol–water partition coefficient (Wildman–Crippen LogP) is 0.0324. The number of hydrogen-bond acceptors (Lipinski definition) is 4. The summed E-state index contributed by atoms with van der Waals surface area (Å²) in [5.74, 6) is 1.72. The Morgan fingerprint density at radius 3 is 2.47 bits per heavy atom. The number of nitrogens with zero attached hydrogens (tertiary/aromatic N) is 1. The molecule has 3 rings (SSSR count). The maximum Gasteiger partial charge on any atom is 0.0623 e. The van der Waals surface area contributed by atoms with E-state index >= 15 is 0 Å². The van der Waals surface area contributed by atoms with Crippen LogP contribution in [-0.4, -0.2) is 56.4 Å². The number of fused-ring (bicyclic) bond motifs is 1. The largest absolute Gasteiger partial charge is 0.378 e. The smallest absolute Gasteiger partial charge is 0.0623 e. The molecule has 3 N–H and O–H groups in total. The molecule has 0 amide bonds. The molecule has 0 aromatic heterocycles. The summed E-state index contributed by atoms with van der Waals surface area (Å²) in [6, 6.07) is 1.64. The van der Waals surface area contributed by atoms with E-state index in [0.29, 0.717) is 18.1 Å². The topological polar surface area (TPSA) is 50.5 Å². The van der Waals surface area contributed by atoms with Crippen molar-refractivity contribution in [1.29, 1.82) is 0 Å². The fourth-order valence-electron chi connectivity index (χ4n) is 3.95. The van der Waals surface area contributed by atoms with E-state index in [1.807, 2.05) is 7.05 Å². The molecule has 0 spiro atoms. The first-order chi connectivity index (χ1) is 8.26. The summed E-state index contributed by atoms with van der Waals surface area (Å²) in [7, 11) is 2.04. The Bertz CT molecular complexity index is 259. The van der Waals surface area contributed by atoms with Gasteiger partial charge in [0.2, 0.25) is 0 Å². The van der Waals surface area contributed by atoms with E-state index in [-0.39, 0.29) is 0 Å². The van der Waals surface area contributed by atoms with Crippen LogP contribution in [0.25, 0.3) is 0 Å². The fourth-order valence-corrected chi connectivity index (χ4v) is 3.95. The van der Waals surface area contributed by atoms with Crippen LogP contribution in [0.15, 0.2) is 0 Å². The SMILES string of the molecule is CNC1COCC(N2CC3CC(N)CC3C2)C1. The molecule has 3 fully saturated rings. The Morgan fingerprint density at radius 1 is 1.12 bits per heavy atom. The summed E-state index contributed by atoms with van der Waals surface area (Å²) in [5.41, 5.74) is 6.04. The van der Waals surface area contributed by atoms with Gasteiger partial charge in [-0.15, -0.1) is 0 Å². The van der Waals surface area contributed by atoms with Crippen molar-refractivity contribution < 1.29 is 4.74 Å². The molecule has 3 aliphatic rings. The zero-order valence-corrected chi connectivity index (χ0v) is 10.8. The number of nitrogens with two attached hydrogens (primary N) is 1. The molecule has 4 heteroatoms. The van der Waals surface area contributed by atoms with Crippen molar-refractivity contribution in [1.82, 2.24) is 10.2 Å². The van der Waals surface area contributed by atoms with Crippen molar-refractivity contribution >= 4 is 0 Å². The monoisotopic (exact) mass is 239 g/mol. The van der Waals surface area contributed by atoms with Gasteiger partial charge in [0.25, 0.3) is 0 Å². The molecule has 0 aromatic carbocycles. The summed E-state index contributed by atoms with van der Waals surface area (Å²) in [4.78, 5) is 2.66. The molecule has 4 nitrogen and oxygen atoms in total. The molecule has 0 bridgehead atoms. The molecule has 2 saturated heterocycles. The Balaban J connectivity index is 1.56. The van der Waals surface area contributed by atoms with Crippen LogP contribution in [0.2, 0.25) is 0 Å². The van der Waals surface area contributed by atoms with Gasteiger partial charge in [0.05, 0.1) is 13.2 Å². The number of hydrogen-bond donors (Lipinski definition) is 2. The van der Waals surface area contributed by atoms with E-state index < -0.39 is 0 Å². The highest BCUT2D eigenvalue weighted by atomic mass is 16.5. The second-order valence-electron chi connectivity index (χ2n) is 6.12. The average molecular weight is 239 g/mol. The van der Waals surface area contributed by atoms with Gasteiger partial charge in [-0.2, -0.15) is 0 Å². The highest BCUT2D eigenvalue weighted by molar-refractivity contribution is 4.96. The van der Waals surface area contributed by atoms with Crippen LogP contribution in [0.1, 0.15) is 19.3 Å². The van der Waals surface area contributed by atoms with Crippen molar-refractivity contribution in [3.63, 3.8) is 0 Å². The van der Waals surface area contributed by atoms with Crippen LogP contribution >= 0.6 is 0 Å². The van der Waals surface area contributed by atoms with E-state index in [1.54, 1.807) is 0 Å². The Morgan fingerprint density at radius 2 is 1.82 bits per heavy atom. The zero-order chi connectivity index (χ0) is 11.8. The first kappa shape index (κ1) is 11.9. The van der Waals surface area contributed by atoms with Gasteiger partial charge in [0, 0.05) is 31.2 Å². The third kappa shape index (κ3) is 2.36. The minimum absolute atomic E-state index is 0.472.